The van der Waals surface area contributed by atoms with Gasteiger partial charge >= 0.3 is 5.97 Å². The summed E-state index contributed by atoms with van der Waals surface area (Å²) in [5.41, 5.74) is 0.224. The molecule has 0 saturated carbocycles. The fourth-order valence-electron chi connectivity index (χ4n) is 1.59. The highest BCUT2D eigenvalue weighted by Crippen LogP contribution is 2.22. The Morgan fingerprint density at radius 3 is 2.22 bits per heavy atom. The Bertz CT molecular complexity index is 1100. The number of aliphatic carboxylic acids is 1. The molecule has 2 rings (SSSR count). The molecule has 0 atom stereocenters. The van der Waals surface area contributed by atoms with Crippen LogP contribution in [0.4, 0.5) is 10.8 Å². The summed E-state index contributed by atoms with van der Waals surface area (Å²) >= 11 is 0.443. The first-order valence-corrected chi connectivity index (χ1v) is 10.5. The van der Waals surface area contributed by atoms with Crippen molar-refractivity contribution in [2.24, 2.45) is 5.14 Å². The van der Waals surface area contributed by atoms with Gasteiger partial charge in [0.25, 0.3) is 20.0 Å². The monoisotopic (exact) mass is 433 g/mol. The Kier molecular flexibility index (Phi) is 5.89. The highest BCUT2D eigenvalue weighted by molar-refractivity contribution is 7.93. The van der Waals surface area contributed by atoms with Crippen LogP contribution in [0, 0.1) is 0 Å². The lowest BCUT2D eigenvalue weighted by Crippen LogP contribution is -2.13. The summed E-state index contributed by atoms with van der Waals surface area (Å²) in [6, 6.07) is 4.88. The standard InChI is InChI=1S/C12H11N5O7S3/c13-26(21,22)12-16-15-11(25-12)17-27(23,24)8-3-1-7(2-4-8)14-9(18)5-6-10(19)20/h1-6H,(H,14,18)(H,15,17)(H,19,20)(H2,13,21,22)/b6-5-. The molecule has 0 spiro atoms. The first kappa shape index (κ1) is 20.4. The minimum absolute atomic E-state index is 0.200. The molecule has 5 N–H and O–H groups in total. The highest BCUT2D eigenvalue weighted by Gasteiger charge is 2.20. The topological polar surface area (TPSA) is 199 Å². The number of nitrogens with one attached hydrogen (secondary N) is 2. The van der Waals surface area contributed by atoms with E-state index in [4.69, 9.17) is 10.2 Å². The first-order valence-electron chi connectivity index (χ1n) is 6.68. The third-order valence-electron chi connectivity index (χ3n) is 2.68. The van der Waals surface area contributed by atoms with Gasteiger partial charge in [0, 0.05) is 17.8 Å². The number of hydrogen-bond donors (Lipinski definition) is 4. The van der Waals surface area contributed by atoms with Gasteiger partial charge in [0.05, 0.1) is 4.90 Å². The molecule has 0 unspecified atom stereocenters. The van der Waals surface area contributed by atoms with E-state index in [2.05, 4.69) is 20.2 Å². The Balaban J connectivity index is 2.12. The second kappa shape index (κ2) is 7.78. The van der Waals surface area contributed by atoms with Crippen molar-refractivity contribution in [1.82, 2.24) is 10.2 Å². The number of nitrogens with two attached hydrogens (primary N) is 1. The van der Waals surface area contributed by atoms with Crippen molar-refractivity contribution >= 4 is 54.1 Å². The van der Waals surface area contributed by atoms with Crippen molar-refractivity contribution in [1.29, 1.82) is 0 Å². The maximum atomic E-state index is 12.3. The molecule has 144 valence electrons. The SMILES string of the molecule is NS(=O)(=O)c1nnc(NS(=O)(=O)c2ccc(NC(=O)/C=C\C(=O)O)cc2)s1. The van der Waals surface area contributed by atoms with E-state index in [-0.39, 0.29) is 15.7 Å². The van der Waals surface area contributed by atoms with E-state index in [0.717, 1.165) is 6.08 Å². The lowest BCUT2D eigenvalue weighted by atomic mass is 10.3. The molecule has 0 saturated heterocycles. The summed E-state index contributed by atoms with van der Waals surface area (Å²) in [7, 11) is -8.20. The van der Waals surface area contributed by atoms with Crippen molar-refractivity contribution in [3.63, 3.8) is 0 Å². The summed E-state index contributed by atoms with van der Waals surface area (Å²) in [5.74, 6) is -2.00. The van der Waals surface area contributed by atoms with Crippen molar-refractivity contribution in [2.75, 3.05) is 10.0 Å². The Hall–Kier alpha value is -2.88. The summed E-state index contributed by atoms with van der Waals surface area (Å²) in [4.78, 5) is 21.6. The average Bonchev–Trinajstić information content (AvgIpc) is 3.01. The van der Waals surface area contributed by atoms with Gasteiger partial charge in [0.15, 0.2) is 0 Å². The van der Waals surface area contributed by atoms with E-state index in [1.807, 2.05) is 0 Å². The Labute approximate surface area is 156 Å². The summed E-state index contributed by atoms with van der Waals surface area (Å²) < 4.78 is 48.3. The van der Waals surface area contributed by atoms with Gasteiger partial charge in [-0.1, -0.05) is 11.3 Å². The largest absolute Gasteiger partial charge is 0.478 e. The van der Waals surface area contributed by atoms with E-state index >= 15 is 0 Å². The van der Waals surface area contributed by atoms with Crippen molar-refractivity contribution in [3.05, 3.63) is 36.4 Å². The fourth-order valence-corrected chi connectivity index (χ4v) is 4.15. The van der Waals surface area contributed by atoms with Crippen LogP contribution >= 0.6 is 11.3 Å². The molecule has 0 aliphatic rings. The minimum Gasteiger partial charge on any atom is -0.478 e. The molecule has 1 aromatic carbocycles. The van der Waals surface area contributed by atoms with E-state index < -0.39 is 36.3 Å². The van der Waals surface area contributed by atoms with Gasteiger partial charge in [0.1, 0.15) is 0 Å². The van der Waals surface area contributed by atoms with Crippen LogP contribution in [0.25, 0.3) is 0 Å². The lowest BCUT2D eigenvalue weighted by molar-refractivity contribution is -0.131. The van der Waals surface area contributed by atoms with Gasteiger partial charge in [-0.15, -0.1) is 10.2 Å². The number of benzene rings is 1. The molecule has 12 nitrogen and oxygen atoms in total. The number of carboxylic acids is 1. The molecule has 0 aliphatic heterocycles. The van der Waals surface area contributed by atoms with E-state index in [0.29, 0.717) is 17.4 Å². The van der Waals surface area contributed by atoms with Crippen LogP contribution in [0.1, 0.15) is 0 Å². The van der Waals surface area contributed by atoms with Crippen LogP contribution < -0.4 is 15.2 Å². The summed E-state index contributed by atoms with van der Waals surface area (Å²) in [6.45, 7) is 0. The first-order chi connectivity index (χ1) is 12.5. The van der Waals surface area contributed by atoms with Crippen LogP contribution in [0.3, 0.4) is 0 Å². The molecule has 2 aromatic rings. The van der Waals surface area contributed by atoms with Gasteiger partial charge < -0.3 is 10.4 Å². The van der Waals surface area contributed by atoms with E-state index in [9.17, 15) is 26.4 Å². The molecule has 1 amide bonds. The van der Waals surface area contributed by atoms with Crippen LogP contribution in [0.2, 0.25) is 0 Å². The van der Waals surface area contributed by atoms with Crippen LogP contribution in [-0.2, 0) is 29.6 Å². The number of nitrogens with zero attached hydrogens (tertiary/aromatic N) is 2. The lowest BCUT2D eigenvalue weighted by Gasteiger charge is -2.06. The molecule has 1 aromatic heterocycles. The van der Waals surface area contributed by atoms with E-state index in [1.54, 1.807) is 0 Å². The van der Waals surface area contributed by atoms with Crippen LogP contribution in [0.5, 0.6) is 0 Å². The molecule has 0 radical (unpaired) electrons. The molecule has 27 heavy (non-hydrogen) atoms. The maximum Gasteiger partial charge on any atom is 0.328 e. The number of primary sulfonamides is 1. The maximum absolute atomic E-state index is 12.3. The van der Waals surface area contributed by atoms with Crippen LogP contribution in [-0.4, -0.2) is 44.0 Å². The molecule has 15 heteroatoms. The minimum atomic E-state index is -4.10. The number of carbonyl (C=O) groups is 2. The van der Waals surface area contributed by atoms with Gasteiger partial charge in [-0.25, -0.2) is 26.8 Å². The normalized spacial score (nSPS) is 12.0. The predicted octanol–water partition coefficient (Wildman–Crippen LogP) is -0.434. The number of amides is 1. The zero-order valence-corrected chi connectivity index (χ0v) is 15.5. The smallest absolute Gasteiger partial charge is 0.328 e. The zero-order valence-electron chi connectivity index (χ0n) is 13.1. The van der Waals surface area contributed by atoms with Crippen molar-refractivity contribution in [3.8, 4) is 0 Å². The quantitative estimate of drug-likeness (QED) is 0.418. The third-order valence-corrected chi connectivity index (χ3v) is 6.31. The number of carboxylic acid groups (broad SMARTS) is 1. The summed E-state index contributed by atoms with van der Waals surface area (Å²) in [6.07, 6.45) is 1.45. The number of aromatic nitrogens is 2. The fraction of sp³-hybridized carbons (Fsp3) is 0. The second-order valence-corrected chi connectivity index (χ2v) is 9.10. The zero-order chi connectivity index (χ0) is 20.2. The van der Waals surface area contributed by atoms with Gasteiger partial charge in [-0.05, 0) is 24.3 Å². The number of carbonyl (C=O) groups excluding carboxylic acids is 1. The molecule has 0 fully saturated rings. The Morgan fingerprint density at radius 1 is 1.07 bits per heavy atom. The van der Waals surface area contributed by atoms with Crippen molar-refractivity contribution < 1.29 is 31.5 Å². The molecule has 0 aliphatic carbocycles. The van der Waals surface area contributed by atoms with Gasteiger partial charge in [-0.2, -0.15) is 0 Å². The van der Waals surface area contributed by atoms with Crippen molar-refractivity contribution in [2.45, 2.75) is 9.24 Å². The number of rotatable bonds is 7. The third kappa shape index (κ3) is 5.81. The molecule has 0 bridgehead atoms. The highest BCUT2D eigenvalue weighted by atomic mass is 32.2. The average molecular weight is 433 g/mol. The molecule has 1 heterocycles. The second-order valence-electron chi connectivity index (χ2n) is 4.71. The number of sulfonamides is 2. The van der Waals surface area contributed by atoms with Crippen LogP contribution in [0.15, 0.2) is 45.7 Å². The van der Waals surface area contributed by atoms with Gasteiger partial charge in [-0.3, -0.25) is 9.52 Å². The number of anilines is 2. The predicted molar refractivity (Wildman–Crippen MR) is 93.9 cm³/mol. The number of hydrogen-bond acceptors (Lipinski definition) is 9. The summed E-state index contributed by atoms with van der Waals surface area (Å²) in [5, 5.41) is 22.0. The molecular formula is C12H11N5O7S3. The Morgan fingerprint density at radius 2 is 1.70 bits per heavy atom. The van der Waals surface area contributed by atoms with Gasteiger partial charge in [0.2, 0.25) is 15.4 Å². The van der Waals surface area contributed by atoms with E-state index in [1.165, 1.54) is 24.3 Å². The molecular weight excluding hydrogens is 422 g/mol.